The molecule has 0 radical (unpaired) electrons. The number of aryl methyl sites for hydroxylation is 2. The number of rotatable bonds is 2. The lowest BCUT2D eigenvalue weighted by atomic mass is 9.85. The van der Waals surface area contributed by atoms with E-state index in [-0.39, 0.29) is 5.78 Å². The third kappa shape index (κ3) is 3.04. The van der Waals surface area contributed by atoms with E-state index in [1.54, 1.807) is 10.7 Å². The Morgan fingerprint density at radius 2 is 1.93 bits per heavy atom. The number of aromatic nitrogens is 3. The van der Waals surface area contributed by atoms with Crippen molar-refractivity contribution in [2.24, 2.45) is 0 Å². The van der Waals surface area contributed by atoms with Gasteiger partial charge in [0, 0.05) is 28.8 Å². The molecule has 0 saturated carbocycles. The molecule has 1 aromatic heterocycles. The summed E-state index contributed by atoms with van der Waals surface area (Å²) in [5, 5.41) is 9.04. The molecule has 0 fully saturated rings. The molecule has 5 nitrogen and oxygen atoms in total. The Morgan fingerprint density at radius 3 is 2.73 bits per heavy atom. The molecule has 1 unspecified atom stereocenters. The fourth-order valence-corrected chi connectivity index (χ4v) is 4.59. The summed E-state index contributed by atoms with van der Waals surface area (Å²) in [5.41, 5.74) is 5.68. The third-order valence-corrected chi connectivity index (χ3v) is 6.74. The molecule has 1 aliphatic carbocycles. The second-order valence-corrected chi connectivity index (χ2v) is 8.63. The number of carbonyl (C=O) groups is 1. The van der Waals surface area contributed by atoms with Crippen molar-refractivity contribution in [2.45, 2.75) is 39.2 Å². The van der Waals surface area contributed by atoms with Crippen molar-refractivity contribution in [1.29, 1.82) is 0 Å². The highest BCUT2D eigenvalue weighted by atomic mass is 35.5. The van der Waals surface area contributed by atoms with Gasteiger partial charge in [0.2, 0.25) is 5.95 Å². The van der Waals surface area contributed by atoms with Gasteiger partial charge < -0.3 is 5.32 Å². The van der Waals surface area contributed by atoms with Crippen LogP contribution in [0.4, 0.5) is 5.95 Å². The van der Waals surface area contributed by atoms with Gasteiger partial charge in [0.05, 0.1) is 10.0 Å². The summed E-state index contributed by atoms with van der Waals surface area (Å²) in [6.45, 7) is 4.15. The summed E-state index contributed by atoms with van der Waals surface area (Å²) in [4.78, 5) is 17.7. The maximum atomic E-state index is 12.9. The lowest BCUT2D eigenvalue weighted by Crippen LogP contribution is -2.31. The van der Waals surface area contributed by atoms with Crippen molar-refractivity contribution in [3.63, 3.8) is 0 Å². The summed E-state index contributed by atoms with van der Waals surface area (Å²) in [6, 6.07) is 11.2. The highest BCUT2D eigenvalue weighted by molar-refractivity contribution is 6.42. The molecule has 5 rings (SSSR count). The Kier molecular flexibility index (Phi) is 4.68. The zero-order valence-corrected chi connectivity index (χ0v) is 18.2. The summed E-state index contributed by atoms with van der Waals surface area (Å²) in [6.07, 6.45) is 2.13. The molecule has 0 spiro atoms. The van der Waals surface area contributed by atoms with Crippen molar-refractivity contribution >= 4 is 34.9 Å². The van der Waals surface area contributed by atoms with Gasteiger partial charge in [0.25, 0.3) is 0 Å². The van der Waals surface area contributed by atoms with Gasteiger partial charge in [-0.1, -0.05) is 47.5 Å². The van der Waals surface area contributed by atoms with E-state index < -0.39 is 6.04 Å². The molecular formula is C23H20Cl2N4O. The van der Waals surface area contributed by atoms with Crippen molar-refractivity contribution < 1.29 is 4.79 Å². The first-order chi connectivity index (χ1) is 14.4. The minimum absolute atomic E-state index is 0.110. The molecular weight excluding hydrogens is 419 g/mol. The second-order valence-electron chi connectivity index (χ2n) is 7.84. The average Bonchev–Trinajstić information content (AvgIpc) is 3.15. The standard InChI is InChI=1S/C23H20Cl2N4O/c1-12-9-10-14(11-13(12)2)22-27-23-26-17-7-4-8-18(30)19(17)21(29(23)28-22)15-5-3-6-16(24)20(15)25/h3,5-6,9-11,21H,4,7-8H2,1-2H3,(H,26,27,28). The second kappa shape index (κ2) is 7.25. The number of Topliss-reactive ketones (excluding diaryl/α,β-unsaturated/α-hetero) is 1. The van der Waals surface area contributed by atoms with Crippen LogP contribution >= 0.6 is 23.2 Å². The average molecular weight is 439 g/mol. The maximum absolute atomic E-state index is 12.9. The van der Waals surface area contributed by atoms with E-state index in [2.05, 4.69) is 31.3 Å². The molecule has 30 heavy (non-hydrogen) atoms. The lowest BCUT2D eigenvalue weighted by molar-refractivity contribution is -0.116. The molecule has 3 aromatic rings. The number of carbonyl (C=O) groups excluding carboxylic acids is 1. The van der Waals surface area contributed by atoms with Crippen LogP contribution in [0, 0.1) is 13.8 Å². The van der Waals surface area contributed by atoms with E-state index >= 15 is 0 Å². The van der Waals surface area contributed by atoms with Gasteiger partial charge >= 0.3 is 0 Å². The highest BCUT2D eigenvalue weighted by Crippen LogP contribution is 2.43. The number of fused-ring (bicyclic) bond motifs is 1. The lowest BCUT2D eigenvalue weighted by Gasteiger charge is -2.32. The molecule has 7 heteroatoms. The smallest absolute Gasteiger partial charge is 0.226 e. The van der Waals surface area contributed by atoms with Crippen molar-refractivity contribution in [2.75, 3.05) is 5.32 Å². The molecule has 0 saturated heterocycles. The number of hydrogen-bond acceptors (Lipinski definition) is 4. The Hall–Kier alpha value is -2.63. The van der Waals surface area contributed by atoms with Crippen LogP contribution in [-0.2, 0) is 4.79 Å². The quantitative estimate of drug-likeness (QED) is 0.541. The number of nitrogens with one attached hydrogen (secondary N) is 1. The highest BCUT2D eigenvalue weighted by Gasteiger charge is 2.38. The normalized spacial score (nSPS) is 18.1. The van der Waals surface area contributed by atoms with Crippen LogP contribution in [0.25, 0.3) is 11.4 Å². The molecule has 2 aromatic carbocycles. The van der Waals surface area contributed by atoms with Gasteiger partial charge in [-0.2, -0.15) is 4.98 Å². The number of benzene rings is 2. The first kappa shape index (κ1) is 19.3. The Balaban J connectivity index is 1.71. The molecule has 1 atom stereocenters. The van der Waals surface area contributed by atoms with Gasteiger partial charge in [-0.3, -0.25) is 4.79 Å². The largest absolute Gasteiger partial charge is 0.328 e. The van der Waals surface area contributed by atoms with Crippen LogP contribution in [0.15, 0.2) is 47.7 Å². The number of ketones is 1. The maximum Gasteiger partial charge on any atom is 0.226 e. The van der Waals surface area contributed by atoms with Gasteiger partial charge in [-0.15, -0.1) is 5.10 Å². The molecule has 0 amide bonds. The van der Waals surface area contributed by atoms with E-state index in [1.807, 2.05) is 18.2 Å². The van der Waals surface area contributed by atoms with Gasteiger partial charge in [0.15, 0.2) is 11.6 Å². The summed E-state index contributed by atoms with van der Waals surface area (Å²) < 4.78 is 1.77. The third-order valence-electron chi connectivity index (χ3n) is 5.91. The first-order valence-corrected chi connectivity index (χ1v) is 10.7. The molecule has 1 aliphatic heterocycles. The van der Waals surface area contributed by atoms with Crippen LogP contribution in [0.2, 0.25) is 10.0 Å². The van der Waals surface area contributed by atoms with E-state index in [1.165, 1.54) is 11.1 Å². The summed E-state index contributed by atoms with van der Waals surface area (Å²) >= 11 is 12.9. The van der Waals surface area contributed by atoms with Crippen LogP contribution in [-0.4, -0.2) is 20.5 Å². The number of halogens is 2. The fraction of sp³-hybridized carbons (Fsp3) is 0.261. The summed E-state index contributed by atoms with van der Waals surface area (Å²) in [7, 11) is 0. The Morgan fingerprint density at radius 1 is 1.10 bits per heavy atom. The van der Waals surface area contributed by atoms with E-state index in [4.69, 9.17) is 33.3 Å². The van der Waals surface area contributed by atoms with E-state index in [0.29, 0.717) is 33.8 Å². The number of hydrogen-bond donors (Lipinski definition) is 1. The van der Waals surface area contributed by atoms with Crippen molar-refractivity contribution in [3.8, 4) is 11.4 Å². The zero-order valence-electron chi connectivity index (χ0n) is 16.7. The van der Waals surface area contributed by atoms with Crippen LogP contribution in [0.5, 0.6) is 0 Å². The number of anilines is 1. The molecule has 2 heterocycles. The first-order valence-electron chi connectivity index (χ1n) is 9.95. The van der Waals surface area contributed by atoms with Crippen LogP contribution in [0.1, 0.15) is 42.0 Å². The predicted molar refractivity (Wildman–Crippen MR) is 119 cm³/mol. The minimum Gasteiger partial charge on any atom is -0.328 e. The molecule has 152 valence electrons. The Bertz CT molecular complexity index is 1230. The molecule has 0 bridgehead atoms. The van der Waals surface area contributed by atoms with Gasteiger partial charge in [-0.05, 0) is 49.9 Å². The number of nitrogens with zero attached hydrogens (tertiary/aromatic N) is 3. The van der Waals surface area contributed by atoms with E-state index in [9.17, 15) is 4.79 Å². The van der Waals surface area contributed by atoms with Crippen LogP contribution in [0.3, 0.4) is 0 Å². The van der Waals surface area contributed by atoms with Crippen molar-refractivity contribution in [3.05, 3.63) is 74.4 Å². The van der Waals surface area contributed by atoms with Crippen molar-refractivity contribution in [1.82, 2.24) is 14.8 Å². The molecule has 2 aliphatic rings. The monoisotopic (exact) mass is 438 g/mol. The SMILES string of the molecule is Cc1ccc(-c2nc3n(n2)C(c2cccc(Cl)c2Cl)C2=C(CCCC2=O)N3)cc1C. The van der Waals surface area contributed by atoms with Crippen LogP contribution < -0.4 is 5.32 Å². The zero-order chi connectivity index (χ0) is 21.0. The topological polar surface area (TPSA) is 59.8 Å². The van der Waals surface area contributed by atoms with Gasteiger partial charge in [0.1, 0.15) is 6.04 Å². The Labute approximate surface area is 184 Å². The van der Waals surface area contributed by atoms with E-state index in [0.717, 1.165) is 29.7 Å². The fourth-order valence-electron chi connectivity index (χ4n) is 4.18. The minimum atomic E-state index is -0.456. The predicted octanol–water partition coefficient (Wildman–Crippen LogP) is 5.89. The summed E-state index contributed by atoms with van der Waals surface area (Å²) in [5.74, 6) is 1.33. The molecule has 1 N–H and O–H groups in total. The number of allylic oxidation sites excluding steroid dienone is 2. The van der Waals surface area contributed by atoms with Gasteiger partial charge in [-0.25, -0.2) is 4.68 Å².